The van der Waals surface area contributed by atoms with Gasteiger partial charge in [0.05, 0.1) is 17.4 Å². The van der Waals surface area contributed by atoms with Crippen LogP contribution in [0.15, 0.2) is 23.7 Å². The van der Waals surface area contributed by atoms with Gasteiger partial charge in [-0.25, -0.2) is 0 Å². The lowest BCUT2D eigenvalue weighted by atomic mass is 10.0. The highest BCUT2D eigenvalue weighted by atomic mass is 32.1. The number of carbonyl (C=O) groups is 1. The maximum absolute atomic E-state index is 13.0. The van der Waals surface area contributed by atoms with Gasteiger partial charge in [0, 0.05) is 56.3 Å². The number of thiophene rings is 1. The van der Waals surface area contributed by atoms with Gasteiger partial charge in [0.2, 0.25) is 0 Å². The van der Waals surface area contributed by atoms with E-state index in [9.17, 15) is 9.90 Å². The van der Waals surface area contributed by atoms with E-state index >= 15 is 0 Å². The van der Waals surface area contributed by atoms with Crippen LogP contribution in [0, 0.1) is 0 Å². The SMILES string of the molecule is CCc1ccc(CN2CCc3c(C(=O)N4C[C@H](OC)[C@@H](O)C4)csc3C2)nc1. The number of nitrogens with zero attached hydrogens (tertiary/aromatic N) is 3. The van der Waals surface area contributed by atoms with Crippen molar-refractivity contribution >= 4 is 17.2 Å². The van der Waals surface area contributed by atoms with E-state index in [1.54, 1.807) is 23.3 Å². The summed E-state index contributed by atoms with van der Waals surface area (Å²) >= 11 is 1.66. The Balaban J connectivity index is 1.42. The second-order valence-corrected chi connectivity index (χ2v) is 8.54. The van der Waals surface area contributed by atoms with Crippen molar-refractivity contribution in [1.82, 2.24) is 14.8 Å². The summed E-state index contributed by atoms with van der Waals surface area (Å²) in [5.41, 5.74) is 4.32. The molecule has 0 spiro atoms. The molecule has 2 aromatic rings. The number of aromatic nitrogens is 1. The fourth-order valence-corrected chi connectivity index (χ4v) is 5.12. The standard InChI is InChI=1S/C21H27N3O3S/c1-3-14-4-5-15(22-8-14)9-23-7-6-16-17(13-28-20(16)12-23)21(26)24-10-18(25)19(11-24)27-2/h4-5,8,13,18-19,25H,3,6-7,9-12H2,1-2H3/t18-,19-/m0/s1. The molecule has 6 nitrogen and oxygen atoms in total. The molecule has 4 rings (SSSR count). The molecule has 1 saturated heterocycles. The molecular formula is C21H27N3O3S. The monoisotopic (exact) mass is 401 g/mol. The molecule has 1 N–H and O–H groups in total. The van der Waals surface area contributed by atoms with Crippen LogP contribution in [0.3, 0.4) is 0 Å². The van der Waals surface area contributed by atoms with Gasteiger partial charge in [-0.15, -0.1) is 11.3 Å². The van der Waals surface area contributed by atoms with E-state index in [2.05, 4.69) is 28.9 Å². The van der Waals surface area contributed by atoms with E-state index < -0.39 is 6.10 Å². The number of pyridine rings is 1. The molecule has 1 fully saturated rings. The molecule has 150 valence electrons. The zero-order chi connectivity index (χ0) is 19.7. The Morgan fingerprint density at radius 1 is 1.39 bits per heavy atom. The van der Waals surface area contributed by atoms with Crippen molar-refractivity contribution in [2.45, 2.75) is 45.1 Å². The number of hydrogen-bond donors (Lipinski definition) is 1. The number of aliphatic hydroxyl groups excluding tert-OH is 1. The molecule has 0 unspecified atom stereocenters. The van der Waals surface area contributed by atoms with Crippen molar-refractivity contribution in [2.24, 2.45) is 0 Å². The Bertz CT molecular complexity index is 836. The van der Waals surface area contributed by atoms with Gasteiger partial charge in [-0.05, 0) is 30.0 Å². The molecule has 0 aliphatic carbocycles. The van der Waals surface area contributed by atoms with E-state index in [4.69, 9.17) is 4.74 Å². The number of hydrogen-bond acceptors (Lipinski definition) is 6. The van der Waals surface area contributed by atoms with Gasteiger partial charge in [-0.1, -0.05) is 13.0 Å². The van der Waals surface area contributed by atoms with Gasteiger partial charge in [0.15, 0.2) is 0 Å². The number of β-amino-alcohol motifs (C(OH)–C–C–N with tert-alkyl or cyclic N) is 1. The van der Waals surface area contributed by atoms with Crippen molar-refractivity contribution in [3.63, 3.8) is 0 Å². The predicted molar refractivity (Wildman–Crippen MR) is 108 cm³/mol. The summed E-state index contributed by atoms with van der Waals surface area (Å²) in [7, 11) is 1.58. The van der Waals surface area contributed by atoms with Crippen LogP contribution in [0.5, 0.6) is 0 Å². The number of aryl methyl sites for hydroxylation is 1. The molecular weight excluding hydrogens is 374 g/mol. The minimum atomic E-state index is -0.606. The van der Waals surface area contributed by atoms with Crippen molar-refractivity contribution < 1.29 is 14.6 Å². The highest BCUT2D eigenvalue weighted by Crippen LogP contribution is 2.31. The Morgan fingerprint density at radius 3 is 2.93 bits per heavy atom. The number of methoxy groups -OCH3 is 1. The van der Waals surface area contributed by atoms with Gasteiger partial charge < -0.3 is 14.7 Å². The van der Waals surface area contributed by atoms with Gasteiger partial charge in [0.25, 0.3) is 5.91 Å². The highest BCUT2D eigenvalue weighted by molar-refractivity contribution is 7.10. The van der Waals surface area contributed by atoms with Crippen LogP contribution >= 0.6 is 11.3 Å². The smallest absolute Gasteiger partial charge is 0.255 e. The second-order valence-electron chi connectivity index (χ2n) is 7.57. The topological polar surface area (TPSA) is 65.9 Å². The van der Waals surface area contributed by atoms with Crippen LogP contribution in [0.1, 0.15) is 39.0 Å². The molecule has 0 bridgehead atoms. The lowest BCUT2D eigenvalue weighted by molar-refractivity contribution is 0.0215. The number of carbonyl (C=O) groups excluding carboxylic acids is 1. The summed E-state index contributed by atoms with van der Waals surface area (Å²) < 4.78 is 5.27. The Hall–Kier alpha value is -1.80. The lowest BCUT2D eigenvalue weighted by Crippen LogP contribution is -2.33. The highest BCUT2D eigenvalue weighted by Gasteiger charge is 2.36. The van der Waals surface area contributed by atoms with Crippen LogP contribution in [-0.4, -0.2) is 64.7 Å². The molecule has 2 aliphatic heterocycles. The van der Waals surface area contributed by atoms with Crippen LogP contribution in [-0.2, 0) is 30.7 Å². The summed E-state index contributed by atoms with van der Waals surface area (Å²) in [5, 5.41) is 12.0. The second kappa shape index (κ2) is 8.29. The summed E-state index contributed by atoms with van der Waals surface area (Å²) in [5.74, 6) is 0.0152. The molecule has 0 radical (unpaired) electrons. The van der Waals surface area contributed by atoms with E-state index in [1.165, 1.54) is 16.0 Å². The third-order valence-corrected chi connectivity index (χ3v) is 6.78. The van der Waals surface area contributed by atoms with E-state index in [0.717, 1.165) is 43.7 Å². The zero-order valence-corrected chi connectivity index (χ0v) is 17.2. The Morgan fingerprint density at radius 2 is 2.25 bits per heavy atom. The first-order valence-corrected chi connectivity index (χ1v) is 10.7. The first-order chi connectivity index (χ1) is 13.6. The largest absolute Gasteiger partial charge is 0.388 e. The van der Waals surface area contributed by atoms with Crippen molar-refractivity contribution in [1.29, 1.82) is 0 Å². The number of amides is 1. The fraction of sp³-hybridized carbons (Fsp3) is 0.524. The summed E-state index contributed by atoms with van der Waals surface area (Å²) in [6, 6.07) is 4.26. The van der Waals surface area contributed by atoms with E-state index in [0.29, 0.717) is 13.1 Å². The summed E-state index contributed by atoms with van der Waals surface area (Å²) in [6.07, 6.45) is 2.94. The first kappa shape index (κ1) is 19.5. The van der Waals surface area contributed by atoms with Crippen molar-refractivity contribution in [3.8, 4) is 0 Å². The molecule has 7 heteroatoms. The summed E-state index contributed by atoms with van der Waals surface area (Å²) in [4.78, 5) is 22.9. The fourth-order valence-electron chi connectivity index (χ4n) is 4.01. The Labute approximate surface area is 169 Å². The molecule has 2 aromatic heterocycles. The predicted octanol–water partition coefficient (Wildman–Crippen LogP) is 2.10. The van der Waals surface area contributed by atoms with Crippen LogP contribution in [0.4, 0.5) is 0 Å². The zero-order valence-electron chi connectivity index (χ0n) is 16.4. The number of ether oxygens (including phenoxy) is 1. The lowest BCUT2D eigenvalue weighted by Gasteiger charge is -2.27. The molecule has 0 saturated carbocycles. The normalized spacial score (nSPS) is 22.5. The maximum Gasteiger partial charge on any atom is 0.255 e. The van der Waals surface area contributed by atoms with Crippen molar-refractivity contribution in [3.05, 3.63) is 51.0 Å². The molecule has 2 aliphatic rings. The van der Waals surface area contributed by atoms with Crippen LogP contribution in [0.25, 0.3) is 0 Å². The van der Waals surface area contributed by atoms with E-state index in [-0.39, 0.29) is 12.0 Å². The average Bonchev–Trinajstić information content (AvgIpc) is 3.31. The number of likely N-dealkylation sites (tertiary alicyclic amines) is 1. The van der Waals surface area contributed by atoms with Gasteiger partial charge in [-0.2, -0.15) is 0 Å². The Kier molecular flexibility index (Phi) is 5.78. The number of fused-ring (bicyclic) bond motifs is 1. The summed E-state index contributed by atoms with van der Waals surface area (Å²) in [6.45, 7) is 5.54. The molecule has 2 atom stereocenters. The van der Waals surface area contributed by atoms with Crippen LogP contribution in [0.2, 0.25) is 0 Å². The van der Waals surface area contributed by atoms with Crippen molar-refractivity contribution in [2.75, 3.05) is 26.7 Å². The maximum atomic E-state index is 13.0. The third kappa shape index (κ3) is 3.85. The van der Waals surface area contributed by atoms with Gasteiger partial charge in [-0.3, -0.25) is 14.7 Å². The third-order valence-electron chi connectivity index (χ3n) is 5.76. The molecule has 4 heterocycles. The first-order valence-electron chi connectivity index (χ1n) is 9.84. The minimum Gasteiger partial charge on any atom is -0.388 e. The number of rotatable bonds is 5. The number of aliphatic hydroxyl groups is 1. The molecule has 1 amide bonds. The van der Waals surface area contributed by atoms with Gasteiger partial charge in [0.1, 0.15) is 6.10 Å². The minimum absolute atomic E-state index is 0.0152. The molecule has 0 aromatic carbocycles. The quantitative estimate of drug-likeness (QED) is 0.831. The molecule has 28 heavy (non-hydrogen) atoms. The van der Waals surface area contributed by atoms with E-state index in [1.807, 2.05) is 11.6 Å². The van der Waals surface area contributed by atoms with Gasteiger partial charge >= 0.3 is 0 Å². The average molecular weight is 402 g/mol. The van der Waals surface area contributed by atoms with Crippen LogP contribution < -0.4 is 0 Å².